The van der Waals surface area contributed by atoms with Crippen LogP contribution in [0.25, 0.3) is 0 Å². The molecule has 1 aliphatic heterocycles. The Labute approximate surface area is 63.1 Å². The molecular weight excluding hydrogens is 148 g/mol. The van der Waals surface area contributed by atoms with Crippen molar-refractivity contribution in [3.8, 4) is 0 Å². The highest BCUT2D eigenvalue weighted by Gasteiger charge is 2.47. The van der Waals surface area contributed by atoms with E-state index in [4.69, 9.17) is 9.84 Å². The Balaban J connectivity index is 2.17. The molecule has 0 aromatic carbocycles. The Kier molecular flexibility index (Phi) is 1.27. The normalized spacial score (nSPS) is 40.8. The summed E-state index contributed by atoms with van der Waals surface area (Å²) in [5.74, 6) is -0.960. The smallest absolute Gasteiger partial charge is 0.331 e. The maximum Gasteiger partial charge on any atom is 0.331 e. The minimum atomic E-state index is -0.960. The molecule has 0 radical (unpaired) electrons. The molecule has 0 aromatic heterocycles. The largest absolute Gasteiger partial charge is 0.478 e. The van der Waals surface area contributed by atoms with Gasteiger partial charge in [0.2, 0.25) is 0 Å². The van der Waals surface area contributed by atoms with Crippen molar-refractivity contribution in [1.29, 1.82) is 0 Å². The predicted molar refractivity (Wildman–Crippen MR) is 35.0 cm³/mol. The Morgan fingerprint density at radius 1 is 1.73 bits per heavy atom. The van der Waals surface area contributed by atoms with Crippen molar-refractivity contribution in [2.45, 2.75) is 24.7 Å². The summed E-state index contributed by atoms with van der Waals surface area (Å²) in [5.41, 5.74) is 0.260. The van der Waals surface area contributed by atoms with E-state index in [9.17, 15) is 9.90 Å². The fourth-order valence-electron chi connectivity index (χ4n) is 1.37. The van der Waals surface area contributed by atoms with Crippen LogP contribution in [0.1, 0.15) is 6.42 Å². The number of carboxylic acid groups (broad SMARTS) is 1. The Morgan fingerprint density at radius 2 is 2.45 bits per heavy atom. The highest BCUT2D eigenvalue weighted by Crippen LogP contribution is 2.36. The monoisotopic (exact) mass is 156 g/mol. The first kappa shape index (κ1) is 6.82. The zero-order valence-electron chi connectivity index (χ0n) is 5.73. The minimum absolute atomic E-state index is 0.0545. The summed E-state index contributed by atoms with van der Waals surface area (Å²) in [6.07, 6.45) is 0.868. The average molecular weight is 156 g/mol. The van der Waals surface area contributed by atoms with Crippen molar-refractivity contribution in [2.24, 2.45) is 0 Å². The van der Waals surface area contributed by atoms with Crippen LogP contribution < -0.4 is 0 Å². The second-order valence-electron chi connectivity index (χ2n) is 2.83. The Hall–Kier alpha value is -0.870. The molecule has 11 heavy (non-hydrogen) atoms. The topological polar surface area (TPSA) is 70.1 Å². The van der Waals surface area contributed by atoms with Crippen molar-refractivity contribution >= 4 is 5.97 Å². The lowest BCUT2D eigenvalue weighted by Crippen LogP contribution is -2.22. The average Bonchev–Trinajstić information content (AvgIpc) is 2.66. The molecule has 60 valence electrons. The molecule has 0 amide bonds. The van der Waals surface area contributed by atoms with E-state index in [2.05, 4.69) is 0 Å². The number of fused-ring (bicyclic) bond motifs is 1. The van der Waals surface area contributed by atoms with Crippen LogP contribution in [0.3, 0.4) is 0 Å². The number of aliphatic carboxylic acids is 1. The van der Waals surface area contributed by atoms with Crippen LogP contribution in [0.5, 0.6) is 0 Å². The van der Waals surface area contributed by atoms with Crippen LogP contribution >= 0.6 is 0 Å². The van der Waals surface area contributed by atoms with Gasteiger partial charge >= 0.3 is 5.97 Å². The van der Waals surface area contributed by atoms with Gasteiger partial charge in [-0.2, -0.15) is 0 Å². The van der Waals surface area contributed by atoms with E-state index in [1.807, 2.05) is 0 Å². The summed E-state index contributed by atoms with van der Waals surface area (Å²) < 4.78 is 5.01. The summed E-state index contributed by atoms with van der Waals surface area (Å²) in [7, 11) is 0. The van der Waals surface area contributed by atoms with Crippen LogP contribution in [-0.2, 0) is 9.53 Å². The molecular formula is C7H8O4. The first-order valence-corrected chi connectivity index (χ1v) is 3.46. The first-order chi connectivity index (χ1) is 5.18. The molecule has 4 heteroatoms. The zero-order valence-corrected chi connectivity index (χ0v) is 5.73. The van der Waals surface area contributed by atoms with Crippen LogP contribution in [-0.4, -0.2) is 34.5 Å². The maximum absolute atomic E-state index is 10.4. The third-order valence-electron chi connectivity index (χ3n) is 2.03. The summed E-state index contributed by atoms with van der Waals surface area (Å²) >= 11 is 0. The number of aliphatic hydroxyl groups excluding tert-OH is 1. The number of rotatable bonds is 1. The van der Waals surface area contributed by atoms with Gasteiger partial charge in [-0.15, -0.1) is 0 Å². The van der Waals surface area contributed by atoms with Gasteiger partial charge in [-0.25, -0.2) is 4.79 Å². The fraction of sp³-hybridized carbons (Fsp3) is 0.571. The zero-order chi connectivity index (χ0) is 8.01. The number of hydrogen-bond acceptors (Lipinski definition) is 3. The number of carbonyl (C=O) groups is 1. The molecule has 3 atom stereocenters. The molecule has 1 fully saturated rings. The molecule has 2 N–H and O–H groups in total. The van der Waals surface area contributed by atoms with E-state index in [0.29, 0.717) is 6.42 Å². The van der Waals surface area contributed by atoms with Crippen LogP contribution in [0.2, 0.25) is 0 Å². The number of hydrogen-bond donors (Lipinski definition) is 2. The first-order valence-electron chi connectivity index (χ1n) is 3.46. The number of carboxylic acids is 1. The summed E-state index contributed by atoms with van der Waals surface area (Å²) in [5, 5.41) is 17.7. The van der Waals surface area contributed by atoms with Gasteiger partial charge in [-0.1, -0.05) is 0 Å². The maximum atomic E-state index is 10.4. The lowest BCUT2D eigenvalue weighted by atomic mass is 9.98. The van der Waals surface area contributed by atoms with Gasteiger partial charge in [-0.05, 0) is 6.08 Å². The number of epoxide rings is 1. The van der Waals surface area contributed by atoms with Crippen molar-refractivity contribution < 1.29 is 19.7 Å². The molecule has 0 aromatic rings. The molecule has 4 nitrogen and oxygen atoms in total. The van der Waals surface area contributed by atoms with Gasteiger partial charge in [0.25, 0.3) is 0 Å². The van der Waals surface area contributed by atoms with E-state index >= 15 is 0 Å². The summed E-state index contributed by atoms with van der Waals surface area (Å²) in [6.45, 7) is 0. The second kappa shape index (κ2) is 2.06. The number of aliphatic hydroxyl groups is 1. The third-order valence-corrected chi connectivity index (χ3v) is 2.03. The molecule has 1 heterocycles. The van der Waals surface area contributed by atoms with E-state index < -0.39 is 12.1 Å². The number of ether oxygens (including phenoxy) is 1. The molecule has 2 rings (SSSR count). The minimum Gasteiger partial charge on any atom is -0.478 e. The lowest BCUT2D eigenvalue weighted by Gasteiger charge is -2.08. The second-order valence-corrected chi connectivity index (χ2v) is 2.83. The van der Waals surface area contributed by atoms with Crippen LogP contribution in [0.4, 0.5) is 0 Å². The van der Waals surface area contributed by atoms with Crippen molar-refractivity contribution in [3.63, 3.8) is 0 Å². The Morgan fingerprint density at radius 3 is 3.00 bits per heavy atom. The van der Waals surface area contributed by atoms with E-state index in [1.54, 1.807) is 0 Å². The van der Waals surface area contributed by atoms with Crippen LogP contribution in [0.15, 0.2) is 11.6 Å². The van der Waals surface area contributed by atoms with Gasteiger partial charge in [0, 0.05) is 12.0 Å². The summed E-state index contributed by atoms with van der Waals surface area (Å²) in [6, 6.07) is 0. The van der Waals surface area contributed by atoms with Crippen molar-refractivity contribution in [2.75, 3.05) is 0 Å². The molecule has 2 aliphatic rings. The Bertz CT molecular complexity index is 233. The predicted octanol–water partition coefficient (Wildman–Crippen LogP) is -0.471. The molecule has 1 saturated heterocycles. The van der Waals surface area contributed by atoms with E-state index in [-0.39, 0.29) is 17.8 Å². The standard InChI is InChI=1S/C7H8O4/c8-4-1-3(7(9)10)2-5-6(4)11-5/h1,4-6,8H,2H2,(H,9,10)/t4?,5-,6+/m1/s1. The summed E-state index contributed by atoms with van der Waals surface area (Å²) in [4.78, 5) is 10.4. The van der Waals surface area contributed by atoms with Crippen molar-refractivity contribution in [1.82, 2.24) is 0 Å². The van der Waals surface area contributed by atoms with E-state index in [1.165, 1.54) is 6.08 Å². The quantitative estimate of drug-likeness (QED) is 0.503. The molecule has 1 aliphatic carbocycles. The molecule has 0 spiro atoms. The molecule has 1 unspecified atom stereocenters. The lowest BCUT2D eigenvalue weighted by molar-refractivity contribution is -0.133. The van der Waals surface area contributed by atoms with Crippen molar-refractivity contribution in [3.05, 3.63) is 11.6 Å². The van der Waals surface area contributed by atoms with Gasteiger partial charge in [0.15, 0.2) is 0 Å². The molecule has 0 bridgehead atoms. The van der Waals surface area contributed by atoms with Crippen LogP contribution in [0, 0.1) is 0 Å². The third kappa shape index (κ3) is 1.04. The van der Waals surface area contributed by atoms with Gasteiger partial charge < -0.3 is 14.9 Å². The molecule has 0 saturated carbocycles. The van der Waals surface area contributed by atoms with Gasteiger partial charge in [0.1, 0.15) is 12.2 Å². The fourth-order valence-corrected chi connectivity index (χ4v) is 1.37. The van der Waals surface area contributed by atoms with Gasteiger partial charge in [-0.3, -0.25) is 0 Å². The highest BCUT2D eigenvalue weighted by atomic mass is 16.6. The van der Waals surface area contributed by atoms with E-state index in [0.717, 1.165) is 0 Å². The SMILES string of the molecule is O=C(O)C1=CC(O)[C@@H]2O[C@@H]2C1. The van der Waals surface area contributed by atoms with Gasteiger partial charge in [0.05, 0.1) is 6.10 Å². The highest BCUT2D eigenvalue weighted by molar-refractivity contribution is 5.87.